The molecule has 1 N–H and O–H groups in total. The van der Waals surface area contributed by atoms with Gasteiger partial charge in [0, 0.05) is 12.5 Å². The van der Waals surface area contributed by atoms with Crippen LogP contribution in [0.3, 0.4) is 0 Å². The molecule has 0 heterocycles. The molecule has 0 saturated carbocycles. The van der Waals surface area contributed by atoms with Gasteiger partial charge in [0.05, 0.1) is 6.42 Å². The van der Waals surface area contributed by atoms with Crippen LogP contribution in [0.2, 0.25) is 0 Å². The zero-order valence-corrected chi connectivity index (χ0v) is 10.5. The summed E-state index contributed by atoms with van der Waals surface area (Å²) < 4.78 is 0. The lowest BCUT2D eigenvalue weighted by atomic mass is 10.1. The second kappa shape index (κ2) is 6.75. The number of carbonyl (C=O) groups excluding carboxylic acids is 1. The highest BCUT2D eigenvalue weighted by atomic mass is 16.1. The Morgan fingerprint density at radius 3 is 2.59 bits per heavy atom. The van der Waals surface area contributed by atoms with Crippen LogP contribution in [0.15, 0.2) is 24.3 Å². The summed E-state index contributed by atoms with van der Waals surface area (Å²) in [6, 6.07) is 8.09. The number of aryl methyl sites for hydroxylation is 1. The lowest BCUT2D eigenvalue weighted by Gasteiger charge is -2.14. The van der Waals surface area contributed by atoms with Gasteiger partial charge in [-0.15, -0.1) is 12.3 Å². The molecule has 1 rings (SSSR count). The van der Waals surface area contributed by atoms with Crippen LogP contribution in [0, 0.1) is 19.3 Å². The summed E-state index contributed by atoms with van der Waals surface area (Å²) in [7, 11) is 0. The number of hydrogen-bond acceptors (Lipinski definition) is 1. The zero-order chi connectivity index (χ0) is 12.7. The first-order valence-corrected chi connectivity index (χ1v) is 5.94. The predicted octanol–water partition coefficient (Wildman–Crippen LogP) is 2.46. The Hall–Kier alpha value is -1.75. The van der Waals surface area contributed by atoms with Crippen molar-refractivity contribution in [2.75, 3.05) is 0 Å². The number of rotatable bonds is 5. The average molecular weight is 229 g/mol. The van der Waals surface area contributed by atoms with Crippen molar-refractivity contribution >= 4 is 5.91 Å². The standard InChI is InChI=1S/C15H19NO/c1-4-6-14(5-2)16-15(17)11-13-9-7-12(3)8-10-13/h1,7-10,14H,5-6,11H2,2-3H3,(H,16,17). The molecular weight excluding hydrogens is 210 g/mol. The summed E-state index contributed by atoms with van der Waals surface area (Å²) in [5.41, 5.74) is 2.23. The molecule has 1 amide bonds. The summed E-state index contributed by atoms with van der Waals surface area (Å²) >= 11 is 0. The average Bonchev–Trinajstić information content (AvgIpc) is 2.31. The third kappa shape index (κ3) is 4.74. The van der Waals surface area contributed by atoms with Crippen molar-refractivity contribution in [1.29, 1.82) is 0 Å². The van der Waals surface area contributed by atoms with Crippen molar-refractivity contribution in [2.45, 2.75) is 39.2 Å². The summed E-state index contributed by atoms with van der Waals surface area (Å²) in [5.74, 6) is 2.62. The van der Waals surface area contributed by atoms with Gasteiger partial charge in [-0.05, 0) is 18.9 Å². The van der Waals surface area contributed by atoms with E-state index in [1.165, 1.54) is 5.56 Å². The molecule has 0 aliphatic carbocycles. The zero-order valence-electron chi connectivity index (χ0n) is 10.5. The number of benzene rings is 1. The highest BCUT2D eigenvalue weighted by Gasteiger charge is 2.09. The molecule has 2 heteroatoms. The van der Waals surface area contributed by atoms with Gasteiger partial charge in [0.15, 0.2) is 0 Å². The van der Waals surface area contributed by atoms with Crippen LogP contribution in [0.4, 0.5) is 0 Å². The molecule has 0 saturated heterocycles. The smallest absolute Gasteiger partial charge is 0.224 e. The topological polar surface area (TPSA) is 29.1 Å². The molecule has 0 aliphatic rings. The van der Waals surface area contributed by atoms with Crippen molar-refractivity contribution in [3.05, 3.63) is 35.4 Å². The predicted molar refractivity (Wildman–Crippen MR) is 70.6 cm³/mol. The van der Waals surface area contributed by atoms with Crippen molar-refractivity contribution in [1.82, 2.24) is 5.32 Å². The number of hydrogen-bond donors (Lipinski definition) is 1. The molecular formula is C15H19NO. The van der Waals surface area contributed by atoms with Gasteiger partial charge in [-0.1, -0.05) is 36.8 Å². The lowest BCUT2D eigenvalue weighted by molar-refractivity contribution is -0.121. The minimum Gasteiger partial charge on any atom is -0.352 e. The van der Waals surface area contributed by atoms with Gasteiger partial charge in [-0.3, -0.25) is 4.79 Å². The Balaban J connectivity index is 2.49. The Bertz CT molecular complexity index is 400. The van der Waals surface area contributed by atoms with Crippen LogP contribution in [-0.2, 0) is 11.2 Å². The number of nitrogens with one attached hydrogen (secondary N) is 1. The van der Waals surface area contributed by atoms with E-state index < -0.39 is 0 Å². The number of terminal acetylenes is 1. The SMILES string of the molecule is C#CCC(CC)NC(=O)Cc1ccc(C)cc1. The van der Waals surface area contributed by atoms with E-state index in [1.807, 2.05) is 38.1 Å². The van der Waals surface area contributed by atoms with Gasteiger partial charge < -0.3 is 5.32 Å². The van der Waals surface area contributed by atoms with Crippen molar-refractivity contribution < 1.29 is 4.79 Å². The third-order valence-corrected chi connectivity index (χ3v) is 2.71. The maximum Gasteiger partial charge on any atom is 0.224 e. The maximum atomic E-state index is 11.8. The largest absolute Gasteiger partial charge is 0.352 e. The third-order valence-electron chi connectivity index (χ3n) is 2.71. The molecule has 17 heavy (non-hydrogen) atoms. The first kappa shape index (κ1) is 13.3. The quantitative estimate of drug-likeness (QED) is 0.772. The van der Waals surface area contributed by atoms with Crippen LogP contribution >= 0.6 is 0 Å². The molecule has 0 fully saturated rings. The van der Waals surface area contributed by atoms with Crippen LogP contribution < -0.4 is 5.32 Å². The summed E-state index contributed by atoms with van der Waals surface area (Å²) in [6.45, 7) is 4.05. The molecule has 0 aliphatic heterocycles. The second-order valence-corrected chi connectivity index (χ2v) is 4.24. The molecule has 0 spiro atoms. The number of carbonyl (C=O) groups is 1. The fraction of sp³-hybridized carbons (Fsp3) is 0.400. The molecule has 1 atom stereocenters. The molecule has 0 radical (unpaired) electrons. The van der Waals surface area contributed by atoms with Crippen molar-refractivity contribution in [3.8, 4) is 12.3 Å². The molecule has 90 valence electrons. The molecule has 2 nitrogen and oxygen atoms in total. The van der Waals surface area contributed by atoms with E-state index in [-0.39, 0.29) is 11.9 Å². The van der Waals surface area contributed by atoms with Gasteiger partial charge in [-0.25, -0.2) is 0 Å². The van der Waals surface area contributed by atoms with Gasteiger partial charge in [0.25, 0.3) is 0 Å². The Morgan fingerprint density at radius 2 is 2.06 bits per heavy atom. The van der Waals surface area contributed by atoms with Gasteiger partial charge in [0.2, 0.25) is 5.91 Å². The summed E-state index contributed by atoms with van der Waals surface area (Å²) in [6.07, 6.45) is 7.12. The second-order valence-electron chi connectivity index (χ2n) is 4.24. The van der Waals surface area contributed by atoms with Crippen LogP contribution in [-0.4, -0.2) is 11.9 Å². The molecule has 1 aromatic rings. The normalized spacial score (nSPS) is 11.6. The van der Waals surface area contributed by atoms with Crippen molar-refractivity contribution in [3.63, 3.8) is 0 Å². The van der Waals surface area contributed by atoms with Crippen LogP contribution in [0.25, 0.3) is 0 Å². The minimum atomic E-state index is 0.0379. The van der Waals surface area contributed by atoms with Crippen LogP contribution in [0.1, 0.15) is 30.9 Å². The highest BCUT2D eigenvalue weighted by Crippen LogP contribution is 2.04. The lowest BCUT2D eigenvalue weighted by Crippen LogP contribution is -2.35. The molecule has 0 bridgehead atoms. The van der Waals surface area contributed by atoms with Crippen LogP contribution in [0.5, 0.6) is 0 Å². The van der Waals surface area contributed by atoms with E-state index in [2.05, 4.69) is 11.2 Å². The summed E-state index contributed by atoms with van der Waals surface area (Å²) in [5, 5.41) is 2.95. The van der Waals surface area contributed by atoms with E-state index >= 15 is 0 Å². The van der Waals surface area contributed by atoms with Gasteiger partial charge in [0.1, 0.15) is 0 Å². The fourth-order valence-electron chi connectivity index (χ4n) is 1.61. The monoisotopic (exact) mass is 229 g/mol. The minimum absolute atomic E-state index is 0.0379. The maximum absolute atomic E-state index is 11.8. The van der Waals surface area contributed by atoms with E-state index in [1.54, 1.807) is 0 Å². The van der Waals surface area contributed by atoms with E-state index in [0.29, 0.717) is 12.8 Å². The molecule has 1 unspecified atom stereocenters. The first-order chi connectivity index (χ1) is 8.15. The number of amides is 1. The van der Waals surface area contributed by atoms with Gasteiger partial charge >= 0.3 is 0 Å². The van der Waals surface area contributed by atoms with E-state index in [0.717, 1.165) is 12.0 Å². The Morgan fingerprint density at radius 1 is 1.41 bits per heavy atom. The highest BCUT2D eigenvalue weighted by molar-refractivity contribution is 5.78. The van der Waals surface area contributed by atoms with Crippen molar-refractivity contribution in [2.24, 2.45) is 0 Å². The van der Waals surface area contributed by atoms with E-state index in [9.17, 15) is 4.79 Å². The Kier molecular flexibility index (Phi) is 5.29. The molecule has 0 aromatic heterocycles. The Labute approximate surface area is 103 Å². The fourth-order valence-corrected chi connectivity index (χ4v) is 1.61. The summed E-state index contributed by atoms with van der Waals surface area (Å²) in [4.78, 5) is 11.8. The molecule has 1 aromatic carbocycles. The first-order valence-electron chi connectivity index (χ1n) is 5.94. The van der Waals surface area contributed by atoms with E-state index in [4.69, 9.17) is 6.42 Å². The van der Waals surface area contributed by atoms with Gasteiger partial charge in [-0.2, -0.15) is 0 Å².